The van der Waals surface area contributed by atoms with Gasteiger partial charge in [0, 0.05) is 0 Å². The Labute approximate surface area is 91.5 Å². The molecule has 0 amide bonds. The first kappa shape index (κ1) is 12.1. The van der Waals surface area contributed by atoms with Gasteiger partial charge in [0.05, 0.1) is 6.54 Å². The lowest BCUT2D eigenvalue weighted by Crippen LogP contribution is -2.54. The molecule has 1 saturated heterocycles. The summed E-state index contributed by atoms with van der Waals surface area (Å²) < 4.78 is 0. The molecule has 0 aliphatic carbocycles. The van der Waals surface area contributed by atoms with Crippen molar-refractivity contribution >= 4 is 5.97 Å². The molecule has 84 valence electrons. The summed E-state index contributed by atoms with van der Waals surface area (Å²) in [5.74, 6) is 5.05. The van der Waals surface area contributed by atoms with E-state index < -0.39 is 12.0 Å². The summed E-state index contributed by atoms with van der Waals surface area (Å²) in [4.78, 5) is 13.2. The van der Waals surface area contributed by atoms with Crippen LogP contribution in [-0.2, 0) is 4.79 Å². The Kier molecular flexibility index (Phi) is 3.76. The number of likely N-dealkylation sites (tertiary alicyclic amines) is 1. The predicted molar refractivity (Wildman–Crippen MR) is 59.5 cm³/mol. The SMILES string of the molecule is CC#CCN1CCCC(C)(C)C1C(=O)O. The number of carbonyl (C=O) groups is 1. The van der Waals surface area contributed by atoms with Gasteiger partial charge in [-0.3, -0.25) is 9.69 Å². The molecule has 3 heteroatoms. The van der Waals surface area contributed by atoms with E-state index in [1.165, 1.54) is 0 Å². The fourth-order valence-corrected chi connectivity index (χ4v) is 2.34. The maximum absolute atomic E-state index is 11.3. The second-order valence-corrected chi connectivity index (χ2v) is 4.73. The van der Waals surface area contributed by atoms with E-state index in [2.05, 4.69) is 11.8 Å². The van der Waals surface area contributed by atoms with Gasteiger partial charge in [0.25, 0.3) is 0 Å². The number of hydrogen-bond acceptors (Lipinski definition) is 2. The Morgan fingerprint density at radius 2 is 2.27 bits per heavy atom. The van der Waals surface area contributed by atoms with Crippen LogP contribution < -0.4 is 0 Å². The molecule has 0 spiro atoms. The number of rotatable bonds is 2. The van der Waals surface area contributed by atoms with Crippen molar-refractivity contribution in [3.63, 3.8) is 0 Å². The predicted octanol–water partition coefficient (Wildman–Crippen LogP) is 1.58. The molecule has 0 aromatic heterocycles. The van der Waals surface area contributed by atoms with E-state index >= 15 is 0 Å². The Morgan fingerprint density at radius 3 is 2.80 bits per heavy atom. The van der Waals surface area contributed by atoms with Crippen LogP contribution in [0.2, 0.25) is 0 Å². The number of carboxylic acids is 1. The summed E-state index contributed by atoms with van der Waals surface area (Å²) in [5.41, 5.74) is -0.153. The smallest absolute Gasteiger partial charge is 0.321 e. The fraction of sp³-hybridized carbons (Fsp3) is 0.750. The lowest BCUT2D eigenvalue weighted by Gasteiger charge is -2.43. The highest BCUT2D eigenvalue weighted by Gasteiger charge is 2.41. The molecule has 0 aromatic carbocycles. The van der Waals surface area contributed by atoms with Crippen LogP contribution >= 0.6 is 0 Å². The van der Waals surface area contributed by atoms with Gasteiger partial charge in [-0.1, -0.05) is 19.8 Å². The molecule has 1 heterocycles. The van der Waals surface area contributed by atoms with E-state index in [1.807, 2.05) is 18.7 Å². The molecular weight excluding hydrogens is 190 g/mol. The van der Waals surface area contributed by atoms with Crippen LogP contribution in [-0.4, -0.2) is 35.1 Å². The molecule has 3 nitrogen and oxygen atoms in total. The quantitative estimate of drug-likeness (QED) is 0.702. The molecule has 1 rings (SSSR count). The molecule has 0 bridgehead atoms. The minimum atomic E-state index is -0.724. The first-order valence-electron chi connectivity index (χ1n) is 5.35. The third-order valence-electron chi connectivity index (χ3n) is 3.06. The molecule has 1 aliphatic rings. The Morgan fingerprint density at radius 1 is 1.60 bits per heavy atom. The van der Waals surface area contributed by atoms with E-state index in [1.54, 1.807) is 6.92 Å². The Balaban J connectivity index is 2.83. The first-order chi connectivity index (χ1) is 6.99. The van der Waals surface area contributed by atoms with Crippen molar-refractivity contribution in [2.75, 3.05) is 13.1 Å². The maximum Gasteiger partial charge on any atom is 0.321 e. The van der Waals surface area contributed by atoms with Gasteiger partial charge in [-0.15, -0.1) is 5.92 Å². The molecule has 0 aromatic rings. The van der Waals surface area contributed by atoms with E-state index in [0.29, 0.717) is 6.54 Å². The largest absolute Gasteiger partial charge is 0.480 e. The van der Waals surface area contributed by atoms with Gasteiger partial charge in [0.2, 0.25) is 0 Å². The van der Waals surface area contributed by atoms with Gasteiger partial charge < -0.3 is 5.11 Å². The van der Waals surface area contributed by atoms with Crippen LogP contribution in [0.15, 0.2) is 0 Å². The summed E-state index contributed by atoms with van der Waals surface area (Å²) in [6, 6.07) is -0.396. The molecule has 1 aliphatic heterocycles. The Hall–Kier alpha value is -1.01. The highest BCUT2D eigenvalue weighted by Crippen LogP contribution is 2.34. The van der Waals surface area contributed by atoms with Crippen LogP contribution in [0.4, 0.5) is 0 Å². The van der Waals surface area contributed by atoms with Crippen molar-refractivity contribution in [1.82, 2.24) is 4.90 Å². The molecule has 1 unspecified atom stereocenters. The van der Waals surface area contributed by atoms with E-state index in [9.17, 15) is 9.90 Å². The molecule has 1 fully saturated rings. The third kappa shape index (κ3) is 2.73. The fourth-order valence-electron chi connectivity index (χ4n) is 2.34. The van der Waals surface area contributed by atoms with Crippen LogP contribution in [0.1, 0.15) is 33.6 Å². The zero-order chi connectivity index (χ0) is 11.5. The normalized spacial score (nSPS) is 25.4. The average molecular weight is 209 g/mol. The summed E-state index contributed by atoms with van der Waals surface area (Å²) in [6.45, 7) is 7.24. The van der Waals surface area contributed by atoms with E-state index in [-0.39, 0.29) is 5.41 Å². The van der Waals surface area contributed by atoms with E-state index in [0.717, 1.165) is 19.4 Å². The van der Waals surface area contributed by atoms with Gasteiger partial charge in [-0.05, 0) is 31.7 Å². The number of aliphatic carboxylic acids is 1. The van der Waals surface area contributed by atoms with Crippen molar-refractivity contribution < 1.29 is 9.90 Å². The van der Waals surface area contributed by atoms with Crippen molar-refractivity contribution in [1.29, 1.82) is 0 Å². The zero-order valence-electron chi connectivity index (χ0n) is 9.71. The molecule has 15 heavy (non-hydrogen) atoms. The lowest BCUT2D eigenvalue weighted by atomic mass is 9.76. The highest BCUT2D eigenvalue weighted by atomic mass is 16.4. The van der Waals surface area contributed by atoms with Crippen LogP contribution in [0.3, 0.4) is 0 Å². The second kappa shape index (κ2) is 4.67. The Bertz CT molecular complexity index is 298. The zero-order valence-corrected chi connectivity index (χ0v) is 9.71. The van der Waals surface area contributed by atoms with Gasteiger partial charge in [0.15, 0.2) is 0 Å². The topological polar surface area (TPSA) is 40.5 Å². The second-order valence-electron chi connectivity index (χ2n) is 4.73. The number of nitrogens with zero attached hydrogens (tertiary/aromatic N) is 1. The molecule has 1 N–H and O–H groups in total. The lowest BCUT2D eigenvalue weighted by molar-refractivity contribution is -0.150. The van der Waals surface area contributed by atoms with Crippen molar-refractivity contribution in [2.45, 2.75) is 39.7 Å². The summed E-state index contributed by atoms with van der Waals surface area (Å²) >= 11 is 0. The molecule has 0 radical (unpaired) electrons. The van der Waals surface area contributed by atoms with Gasteiger partial charge >= 0.3 is 5.97 Å². The number of hydrogen-bond donors (Lipinski definition) is 1. The molecule has 1 atom stereocenters. The molecular formula is C12H19NO2. The maximum atomic E-state index is 11.3. The first-order valence-corrected chi connectivity index (χ1v) is 5.35. The standard InChI is InChI=1S/C12H19NO2/c1-4-5-8-13-9-6-7-12(2,3)10(13)11(14)15/h10H,6-9H2,1-3H3,(H,14,15). The highest BCUT2D eigenvalue weighted by molar-refractivity contribution is 5.74. The monoisotopic (exact) mass is 209 g/mol. The summed E-state index contributed by atoms with van der Waals surface area (Å²) in [6.07, 6.45) is 2.03. The number of carboxylic acid groups (broad SMARTS) is 1. The van der Waals surface area contributed by atoms with Crippen molar-refractivity contribution in [3.8, 4) is 11.8 Å². The van der Waals surface area contributed by atoms with Gasteiger partial charge in [-0.25, -0.2) is 0 Å². The van der Waals surface area contributed by atoms with Crippen molar-refractivity contribution in [3.05, 3.63) is 0 Å². The van der Waals surface area contributed by atoms with Gasteiger partial charge in [0.1, 0.15) is 6.04 Å². The van der Waals surface area contributed by atoms with Crippen molar-refractivity contribution in [2.24, 2.45) is 5.41 Å². The van der Waals surface area contributed by atoms with E-state index in [4.69, 9.17) is 0 Å². The van der Waals surface area contributed by atoms with Crippen LogP contribution in [0.5, 0.6) is 0 Å². The van der Waals surface area contributed by atoms with Gasteiger partial charge in [-0.2, -0.15) is 0 Å². The minimum Gasteiger partial charge on any atom is -0.480 e. The summed E-state index contributed by atoms with van der Waals surface area (Å²) in [7, 11) is 0. The summed E-state index contributed by atoms with van der Waals surface area (Å²) in [5, 5.41) is 9.25. The minimum absolute atomic E-state index is 0.153. The van der Waals surface area contributed by atoms with Crippen LogP contribution in [0, 0.1) is 17.3 Å². The number of piperidine rings is 1. The van der Waals surface area contributed by atoms with Crippen LogP contribution in [0.25, 0.3) is 0 Å². The average Bonchev–Trinajstić information content (AvgIpc) is 2.12. The molecule has 0 saturated carbocycles. The third-order valence-corrected chi connectivity index (χ3v) is 3.06.